The second-order valence-corrected chi connectivity index (χ2v) is 9.57. The first-order chi connectivity index (χ1) is 12.5. The maximum absolute atomic E-state index is 12.9. The van der Waals surface area contributed by atoms with Gasteiger partial charge < -0.3 is 0 Å². The van der Waals surface area contributed by atoms with Crippen LogP contribution >= 0.6 is 34.3 Å². The van der Waals surface area contributed by atoms with Crippen LogP contribution in [-0.2, 0) is 15.6 Å². The molecule has 132 valence electrons. The molecule has 3 aromatic heterocycles. The third-order valence-corrected chi connectivity index (χ3v) is 7.29. The fourth-order valence-electron chi connectivity index (χ4n) is 2.49. The fourth-order valence-corrected chi connectivity index (χ4v) is 5.77. The number of hydrogen-bond donors (Lipinski definition) is 0. The monoisotopic (exact) mass is 421 g/mol. The van der Waals surface area contributed by atoms with E-state index in [2.05, 4.69) is 9.97 Å². The molecule has 0 aliphatic heterocycles. The molecule has 3 heterocycles. The highest BCUT2D eigenvalue weighted by atomic mass is 35.5. The Morgan fingerprint density at radius 1 is 1.15 bits per heavy atom. The lowest BCUT2D eigenvalue weighted by atomic mass is 10.3. The van der Waals surface area contributed by atoms with Crippen molar-refractivity contribution >= 4 is 44.1 Å². The Morgan fingerprint density at radius 3 is 2.81 bits per heavy atom. The Hall–Kier alpha value is -2.00. The normalized spacial score (nSPS) is 11.7. The summed E-state index contributed by atoms with van der Waals surface area (Å²) in [6.45, 7) is 0. The zero-order valence-corrected chi connectivity index (χ0v) is 16.4. The molecule has 0 spiro atoms. The number of benzene rings is 1. The second kappa shape index (κ2) is 6.96. The van der Waals surface area contributed by atoms with Gasteiger partial charge in [-0.25, -0.2) is 18.4 Å². The highest BCUT2D eigenvalue weighted by Crippen LogP contribution is 2.29. The lowest BCUT2D eigenvalue weighted by Crippen LogP contribution is -2.12. The summed E-state index contributed by atoms with van der Waals surface area (Å²) in [4.78, 5) is 9.54. The maximum Gasteiger partial charge on any atom is 0.232 e. The molecule has 0 saturated heterocycles. The number of imidazole rings is 1. The minimum atomic E-state index is -3.66. The zero-order valence-electron chi connectivity index (χ0n) is 13.2. The molecule has 0 bridgehead atoms. The lowest BCUT2D eigenvalue weighted by Gasteiger charge is -2.08. The molecule has 0 radical (unpaired) electrons. The highest BCUT2D eigenvalue weighted by Gasteiger charge is 2.23. The number of aromatic nitrogens is 3. The van der Waals surface area contributed by atoms with E-state index in [-0.39, 0.29) is 10.9 Å². The maximum atomic E-state index is 12.9. The lowest BCUT2D eigenvalue weighted by molar-refractivity contribution is 0.583. The van der Waals surface area contributed by atoms with Gasteiger partial charge in [0.2, 0.25) is 15.0 Å². The summed E-state index contributed by atoms with van der Waals surface area (Å²) in [6.07, 6.45) is 3.07. The van der Waals surface area contributed by atoms with Crippen molar-refractivity contribution in [3.8, 4) is 15.6 Å². The minimum Gasteiger partial charge on any atom is -0.291 e. The molecule has 4 aromatic rings. The van der Waals surface area contributed by atoms with Gasteiger partial charge in [-0.2, -0.15) is 0 Å². The summed E-state index contributed by atoms with van der Waals surface area (Å²) in [6, 6.07) is 10.9. The molecule has 0 atom stereocenters. The molecule has 1 aromatic carbocycles. The van der Waals surface area contributed by atoms with E-state index in [0.29, 0.717) is 16.4 Å². The van der Waals surface area contributed by atoms with Gasteiger partial charge >= 0.3 is 0 Å². The van der Waals surface area contributed by atoms with E-state index in [1.165, 1.54) is 22.1 Å². The van der Waals surface area contributed by atoms with Crippen LogP contribution in [0.25, 0.3) is 15.6 Å². The summed E-state index contributed by atoms with van der Waals surface area (Å²) < 4.78 is 27.3. The van der Waals surface area contributed by atoms with E-state index in [1.54, 1.807) is 47.2 Å². The molecule has 4 rings (SSSR count). The van der Waals surface area contributed by atoms with Crippen molar-refractivity contribution in [3.63, 3.8) is 0 Å². The van der Waals surface area contributed by atoms with Crippen molar-refractivity contribution in [1.29, 1.82) is 0 Å². The first-order valence-corrected chi connectivity index (χ1v) is 11.3. The quantitative estimate of drug-likeness (QED) is 0.469. The van der Waals surface area contributed by atoms with E-state index in [1.807, 2.05) is 17.5 Å². The Balaban J connectivity index is 1.65. The molecule has 0 aliphatic rings. The van der Waals surface area contributed by atoms with Crippen molar-refractivity contribution < 1.29 is 8.42 Å². The third kappa shape index (κ3) is 3.45. The molecular formula is C17H12ClN3O2S3. The van der Waals surface area contributed by atoms with E-state index in [0.717, 1.165) is 9.88 Å². The van der Waals surface area contributed by atoms with Crippen LogP contribution in [-0.4, -0.2) is 23.0 Å². The van der Waals surface area contributed by atoms with Crippen LogP contribution in [0.4, 0.5) is 0 Å². The molecule has 5 nitrogen and oxygen atoms in total. The van der Waals surface area contributed by atoms with Crippen LogP contribution in [0.15, 0.2) is 64.7 Å². The molecule has 26 heavy (non-hydrogen) atoms. The van der Waals surface area contributed by atoms with Crippen molar-refractivity contribution in [2.24, 2.45) is 0 Å². The fraction of sp³-hybridized carbons (Fsp3) is 0.0588. The molecule has 0 amide bonds. The number of thiazole rings is 1. The number of rotatable bonds is 5. The average Bonchev–Trinajstić information content (AvgIpc) is 3.35. The van der Waals surface area contributed by atoms with Gasteiger partial charge in [0.25, 0.3) is 0 Å². The third-order valence-electron chi connectivity index (χ3n) is 3.59. The van der Waals surface area contributed by atoms with Crippen LogP contribution in [0.3, 0.4) is 0 Å². The average molecular weight is 422 g/mol. The van der Waals surface area contributed by atoms with E-state index in [4.69, 9.17) is 11.6 Å². The summed E-state index contributed by atoms with van der Waals surface area (Å²) in [7, 11) is -3.66. The van der Waals surface area contributed by atoms with Crippen molar-refractivity contribution in [2.45, 2.75) is 10.9 Å². The first-order valence-electron chi connectivity index (χ1n) is 7.53. The van der Waals surface area contributed by atoms with Crippen LogP contribution in [0.2, 0.25) is 5.02 Å². The topological polar surface area (TPSA) is 64.8 Å². The second-order valence-electron chi connectivity index (χ2n) is 5.44. The Kier molecular flexibility index (Phi) is 4.66. The Bertz CT molecular complexity index is 1150. The number of sulfone groups is 1. The van der Waals surface area contributed by atoms with Crippen molar-refractivity contribution in [2.75, 3.05) is 0 Å². The molecule has 0 N–H and O–H groups in total. The van der Waals surface area contributed by atoms with Crippen molar-refractivity contribution in [1.82, 2.24) is 14.5 Å². The van der Waals surface area contributed by atoms with Crippen molar-refractivity contribution in [3.05, 3.63) is 70.3 Å². The number of halogens is 1. The summed E-state index contributed by atoms with van der Waals surface area (Å²) in [5.74, 6) is -0.202. The Labute approximate surface area is 163 Å². The van der Waals surface area contributed by atoms with Crippen LogP contribution in [0, 0.1) is 0 Å². The minimum absolute atomic E-state index is 0.0227. The van der Waals surface area contributed by atoms with Gasteiger partial charge in [0.1, 0.15) is 10.8 Å². The molecule has 0 unspecified atom stereocenters. The molecule has 0 saturated carbocycles. The molecule has 9 heteroatoms. The van der Waals surface area contributed by atoms with Gasteiger partial charge in [0.05, 0.1) is 10.6 Å². The van der Waals surface area contributed by atoms with Crippen LogP contribution in [0.1, 0.15) is 5.69 Å². The molecular weight excluding hydrogens is 410 g/mol. The predicted molar refractivity (Wildman–Crippen MR) is 105 cm³/mol. The van der Waals surface area contributed by atoms with Gasteiger partial charge in [-0.15, -0.1) is 22.7 Å². The first kappa shape index (κ1) is 17.4. The van der Waals surface area contributed by atoms with Gasteiger partial charge in [-0.3, -0.25) is 4.57 Å². The summed E-state index contributed by atoms with van der Waals surface area (Å²) in [5, 5.41) is 5.07. The summed E-state index contributed by atoms with van der Waals surface area (Å²) in [5.41, 5.74) is 1.16. The predicted octanol–water partition coefficient (Wildman–Crippen LogP) is 4.68. The SMILES string of the molecule is O=S(=O)(Cc1csc(-c2cccs2)n1)c1nccn1-c1cccc(Cl)c1. The van der Waals surface area contributed by atoms with E-state index >= 15 is 0 Å². The summed E-state index contributed by atoms with van der Waals surface area (Å²) >= 11 is 9.03. The smallest absolute Gasteiger partial charge is 0.232 e. The van der Waals surface area contributed by atoms with Gasteiger partial charge in [-0.05, 0) is 29.6 Å². The zero-order chi connectivity index (χ0) is 18.1. The van der Waals surface area contributed by atoms with E-state index in [9.17, 15) is 8.42 Å². The van der Waals surface area contributed by atoms with E-state index < -0.39 is 9.84 Å². The number of thiophene rings is 1. The molecule has 0 aliphatic carbocycles. The molecule has 0 fully saturated rings. The highest BCUT2D eigenvalue weighted by molar-refractivity contribution is 7.90. The van der Waals surface area contributed by atoms with Gasteiger partial charge in [0, 0.05) is 28.5 Å². The van der Waals surface area contributed by atoms with Gasteiger partial charge in [-0.1, -0.05) is 23.7 Å². The number of nitrogens with zero attached hydrogens (tertiary/aromatic N) is 3. The Morgan fingerprint density at radius 2 is 2.04 bits per heavy atom. The van der Waals surface area contributed by atoms with Crippen LogP contribution in [0.5, 0.6) is 0 Å². The number of hydrogen-bond acceptors (Lipinski definition) is 6. The standard InChI is InChI=1S/C17H12ClN3O2S3/c18-12-3-1-4-14(9-12)21-7-6-19-17(21)26(22,23)11-13-10-25-16(20-13)15-5-2-8-24-15/h1-10H,11H2. The largest absolute Gasteiger partial charge is 0.291 e. The van der Waals surface area contributed by atoms with Crippen LogP contribution < -0.4 is 0 Å². The van der Waals surface area contributed by atoms with Gasteiger partial charge in [0.15, 0.2) is 0 Å².